The van der Waals surface area contributed by atoms with Crippen molar-refractivity contribution < 1.29 is 33.6 Å². The van der Waals surface area contributed by atoms with Crippen LogP contribution in [-0.2, 0) is 54.6 Å². The molecule has 2 aliphatic carbocycles. The highest BCUT2D eigenvalue weighted by atomic mass is 16.2. The molecule has 7 rings (SSSR count). The van der Waals surface area contributed by atoms with Crippen LogP contribution in [0.3, 0.4) is 0 Å². The minimum Gasteiger partial charge on any atom is -0.347 e. The molecule has 1 fully saturated rings. The van der Waals surface area contributed by atoms with E-state index in [9.17, 15) is 33.6 Å². The first kappa shape index (κ1) is 53.9. The molecule has 4 aliphatic rings. The highest BCUT2D eigenvalue weighted by Gasteiger charge is 2.47. The lowest BCUT2D eigenvalue weighted by Gasteiger charge is -2.42. The summed E-state index contributed by atoms with van der Waals surface area (Å²) in [5.74, 6) is -2.42. The van der Waals surface area contributed by atoms with Crippen LogP contribution in [0.25, 0.3) is 0 Å². The second-order valence-electron chi connectivity index (χ2n) is 22.8. The Morgan fingerprint density at radius 3 is 1.60 bits per heavy atom. The normalized spacial score (nSPS) is 22.4. The largest absolute Gasteiger partial charge is 0.347 e. The number of likely N-dealkylation sites (N-methyl/N-ethyl adjacent to an activating group) is 2. The molecule has 15 nitrogen and oxygen atoms in total. The molecule has 3 aromatic rings. The van der Waals surface area contributed by atoms with Crippen molar-refractivity contribution in [3.63, 3.8) is 0 Å². The molecule has 6 amide bonds. The molecule has 3 aromatic carbocycles. The van der Waals surface area contributed by atoms with E-state index in [1.165, 1.54) is 11.1 Å². The maximum absolute atomic E-state index is 15.0. The van der Waals surface area contributed by atoms with E-state index in [1.54, 1.807) is 49.9 Å². The molecule has 0 saturated carbocycles. The fourth-order valence-corrected chi connectivity index (χ4v) is 10.9. The summed E-state index contributed by atoms with van der Waals surface area (Å²) in [6, 6.07) is 16.4. The Morgan fingerprint density at radius 2 is 1.10 bits per heavy atom. The maximum Gasteiger partial charge on any atom is 0.246 e. The van der Waals surface area contributed by atoms with E-state index in [1.807, 2.05) is 84.0 Å². The van der Waals surface area contributed by atoms with E-state index in [4.69, 9.17) is 0 Å². The highest BCUT2D eigenvalue weighted by Crippen LogP contribution is 2.36. The SMILES string of the molecule is CN[C@@H](C)C(=O)NC(C(=O)N1Cc2cc(C(=O)B[C@H]3C[C@@H](C(=O)N[C@@H]4CCCc5ccccc54)N(C(=O)[C@@H](NC(=O)[C@H](C)NC)C(C)(C)C)C3)ccc2C[C@H]1C(=O)N[C@@H]1CCCc2ccccc21)C(C)(C)C. The quantitative estimate of drug-likeness (QED) is 0.118. The van der Waals surface area contributed by atoms with Crippen LogP contribution in [0.4, 0.5) is 0 Å². The second kappa shape index (κ2) is 22.5. The number of nitrogens with one attached hydrogen (secondary N) is 6. The van der Waals surface area contributed by atoms with Gasteiger partial charge in [0.15, 0.2) is 0 Å². The third kappa shape index (κ3) is 12.1. The van der Waals surface area contributed by atoms with Crippen LogP contribution in [0.1, 0.15) is 143 Å². The predicted octanol–water partition coefficient (Wildman–Crippen LogP) is 4.57. The highest BCUT2D eigenvalue weighted by molar-refractivity contribution is 6.78. The number of aryl methyl sites for hydroxylation is 2. The van der Waals surface area contributed by atoms with E-state index >= 15 is 0 Å². The van der Waals surface area contributed by atoms with E-state index in [2.05, 4.69) is 44.0 Å². The molecule has 0 radical (unpaired) electrons. The van der Waals surface area contributed by atoms with E-state index < -0.39 is 53.0 Å². The van der Waals surface area contributed by atoms with Gasteiger partial charge in [0.25, 0.3) is 0 Å². The second-order valence-corrected chi connectivity index (χ2v) is 22.8. The van der Waals surface area contributed by atoms with Gasteiger partial charge in [-0.25, -0.2) is 0 Å². The lowest BCUT2D eigenvalue weighted by molar-refractivity contribution is -0.147. The van der Waals surface area contributed by atoms with Crippen LogP contribution in [0.15, 0.2) is 66.7 Å². The van der Waals surface area contributed by atoms with Crippen molar-refractivity contribution in [3.05, 3.63) is 106 Å². The molecule has 16 heteroatoms. The summed E-state index contributed by atoms with van der Waals surface area (Å²) in [7, 11) is 3.39. The summed E-state index contributed by atoms with van der Waals surface area (Å²) in [5, 5.41) is 18.4. The Balaban J connectivity index is 1.16. The van der Waals surface area contributed by atoms with Crippen LogP contribution in [0.2, 0.25) is 5.82 Å². The van der Waals surface area contributed by atoms with Crippen LogP contribution in [-0.4, -0.2) is 115 Å². The Hall–Kier alpha value is -5.87. The van der Waals surface area contributed by atoms with Crippen LogP contribution in [0.5, 0.6) is 0 Å². The minimum absolute atomic E-state index is 0.0307. The Labute approximate surface area is 426 Å². The fourth-order valence-electron chi connectivity index (χ4n) is 10.9. The Bertz CT molecular complexity index is 2540. The van der Waals surface area contributed by atoms with Crippen molar-refractivity contribution >= 4 is 48.4 Å². The van der Waals surface area contributed by atoms with Gasteiger partial charge in [0.2, 0.25) is 42.7 Å². The lowest BCUT2D eigenvalue weighted by Crippen LogP contribution is -2.62. The van der Waals surface area contributed by atoms with Gasteiger partial charge in [-0.3, -0.25) is 28.8 Å². The van der Waals surface area contributed by atoms with Gasteiger partial charge in [-0.2, -0.15) is 0 Å². The third-order valence-electron chi connectivity index (χ3n) is 15.5. The number of benzene rings is 3. The number of fused-ring (bicyclic) bond motifs is 3. The molecule has 386 valence electrons. The van der Waals surface area contributed by atoms with Crippen LogP contribution < -0.4 is 31.9 Å². The molecule has 0 bridgehead atoms. The topological polar surface area (TPSA) is 198 Å². The summed E-state index contributed by atoms with van der Waals surface area (Å²) >= 11 is 0. The summed E-state index contributed by atoms with van der Waals surface area (Å²) in [4.78, 5) is 103. The number of nitrogens with zero attached hydrogens (tertiary/aromatic N) is 2. The number of rotatable bonds is 15. The minimum atomic E-state index is -0.971. The molecule has 9 atom stereocenters. The van der Waals surface area contributed by atoms with Crippen molar-refractivity contribution in [2.45, 2.75) is 167 Å². The smallest absolute Gasteiger partial charge is 0.246 e. The van der Waals surface area contributed by atoms with Gasteiger partial charge in [-0.15, -0.1) is 0 Å². The van der Waals surface area contributed by atoms with Crippen molar-refractivity contribution in [1.29, 1.82) is 0 Å². The average Bonchev–Trinajstić information content (AvgIpc) is 3.78. The zero-order chi connectivity index (χ0) is 52.2. The molecule has 0 spiro atoms. The standard InChI is InChI=1S/C56H77BN8O7/c1-32(58-9)49(67)62-46(55(3,4)5)53(71)64-30-38-27-37(26-25-36(38)28-44(64)51(69)60-42-23-15-19-34-17-11-13-21-40(34)42)48(66)57-39-29-45(52(70)61-43-24-16-20-35-18-12-14-22-41(35)43)65(31-39)54(72)47(56(6,7)8)63-50(68)33(2)59-10/h11-14,17-18,21-22,25-27,32-33,39,42-47,57-59H,15-16,19-20,23-24,28-31H2,1-10H3,(H,60,69)(H,61,70)(H,62,67)(H,63,68)/t32-,33-,39-,42+,43+,44-,45-,46?,47+/m0/s1. The van der Waals surface area contributed by atoms with Gasteiger partial charge in [-0.05, 0) is 129 Å². The van der Waals surface area contributed by atoms with Gasteiger partial charge in [-0.1, -0.05) is 102 Å². The zero-order valence-corrected chi connectivity index (χ0v) is 44.1. The summed E-state index contributed by atoms with van der Waals surface area (Å²) in [6.45, 7) is 14.9. The number of likely N-dealkylation sites (tertiary alicyclic amines) is 1. The molecule has 1 unspecified atom stereocenters. The Kier molecular flexibility index (Phi) is 16.8. The molecule has 1 saturated heterocycles. The van der Waals surface area contributed by atoms with Gasteiger partial charge in [0.05, 0.1) is 24.2 Å². The number of carbonyl (C=O) groups is 7. The van der Waals surface area contributed by atoms with Crippen molar-refractivity contribution in [1.82, 2.24) is 41.7 Å². The molecule has 0 aromatic heterocycles. The first-order valence-corrected chi connectivity index (χ1v) is 26.1. The van der Waals surface area contributed by atoms with E-state index in [0.717, 1.165) is 60.8 Å². The maximum atomic E-state index is 15.0. The fraction of sp³-hybridized carbons (Fsp3) is 0.554. The number of hydrogen-bond acceptors (Lipinski definition) is 9. The van der Waals surface area contributed by atoms with Gasteiger partial charge < -0.3 is 46.5 Å². The molecular weight excluding hydrogens is 907 g/mol. The number of hydrogen-bond donors (Lipinski definition) is 6. The average molecular weight is 985 g/mol. The first-order chi connectivity index (χ1) is 34.1. The molecule has 6 N–H and O–H groups in total. The third-order valence-corrected chi connectivity index (χ3v) is 15.5. The van der Waals surface area contributed by atoms with E-state index in [-0.39, 0.29) is 86.3 Å². The summed E-state index contributed by atoms with van der Waals surface area (Å²) in [5.41, 5.74) is 4.88. The van der Waals surface area contributed by atoms with Crippen molar-refractivity contribution in [3.8, 4) is 0 Å². The van der Waals surface area contributed by atoms with Gasteiger partial charge in [0, 0.05) is 25.1 Å². The molecular formula is C56H77BN8O7. The first-order valence-electron chi connectivity index (χ1n) is 26.1. The monoisotopic (exact) mass is 985 g/mol. The van der Waals surface area contributed by atoms with Crippen molar-refractivity contribution in [2.75, 3.05) is 20.6 Å². The van der Waals surface area contributed by atoms with Gasteiger partial charge in [0.1, 0.15) is 29.8 Å². The lowest BCUT2D eigenvalue weighted by atomic mass is 9.58. The summed E-state index contributed by atoms with van der Waals surface area (Å²) in [6.07, 6.45) is 5.66. The Morgan fingerprint density at radius 1 is 0.611 bits per heavy atom. The number of carbonyl (C=O) groups excluding carboxylic acids is 7. The van der Waals surface area contributed by atoms with Crippen LogP contribution in [0, 0.1) is 10.8 Å². The van der Waals surface area contributed by atoms with E-state index in [0.29, 0.717) is 5.56 Å². The number of amides is 6. The summed E-state index contributed by atoms with van der Waals surface area (Å²) < 4.78 is 0. The van der Waals surface area contributed by atoms with Crippen LogP contribution >= 0.6 is 0 Å². The van der Waals surface area contributed by atoms with Gasteiger partial charge >= 0.3 is 0 Å². The molecule has 2 aliphatic heterocycles. The molecule has 2 heterocycles. The predicted molar refractivity (Wildman–Crippen MR) is 280 cm³/mol. The molecule has 72 heavy (non-hydrogen) atoms. The van der Waals surface area contributed by atoms with Crippen molar-refractivity contribution in [2.24, 2.45) is 10.8 Å². The zero-order valence-electron chi connectivity index (χ0n) is 44.1.